The molecule has 6 heteroatoms. The van der Waals surface area contributed by atoms with Gasteiger partial charge in [0.1, 0.15) is 5.76 Å². The van der Waals surface area contributed by atoms with Crippen LogP contribution in [0.3, 0.4) is 0 Å². The molecule has 0 spiro atoms. The van der Waals surface area contributed by atoms with E-state index in [1.807, 2.05) is 45.9 Å². The number of hydrogen-bond donors (Lipinski definition) is 0. The number of aryl methyl sites for hydroxylation is 3. The zero-order valence-corrected chi connectivity index (χ0v) is 16.0. The molecule has 2 heterocycles. The first-order valence-electron chi connectivity index (χ1n) is 8.83. The Bertz CT molecular complexity index is 836. The predicted octanol–water partition coefficient (Wildman–Crippen LogP) is 2.92. The minimum Gasteiger partial charge on any atom is -0.361 e. The maximum absolute atomic E-state index is 12.9. The number of nitrogens with zero attached hydrogens (tertiary/aromatic N) is 3. The maximum atomic E-state index is 12.9. The smallest absolute Gasteiger partial charge is 0.228 e. The van der Waals surface area contributed by atoms with E-state index in [0.29, 0.717) is 13.1 Å². The molecule has 1 aliphatic rings. The molecule has 0 N–H and O–H groups in total. The third-order valence-electron chi connectivity index (χ3n) is 5.29. The summed E-state index contributed by atoms with van der Waals surface area (Å²) in [5, 5.41) is 3.93. The fraction of sp³-hybridized carbons (Fsp3) is 0.450. The molecular formula is C20H25N3O3. The van der Waals surface area contributed by atoms with Crippen LogP contribution in [0.15, 0.2) is 22.7 Å². The molecule has 26 heavy (non-hydrogen) atoms. The van der Waals surface area contributed by atoms with Crippen LogP contribution in [-0.4, -0.2) is 35.5 Å². The Morgan fingerprint density at radius 1 is 1.31 bits per heavy atom. The minimum absolute atomic E-state index is 0.00258. The first-order valence-corrected chi connectivity index (χ1v) is 8.83. The average Bonchev–Trinajstić information content (AvgIpc) is 3.14. The Morgan fingerprint density at radius 3 is 2.69 bits per heavy atom. The van der Waals surface area contributed by atoms with Crippen molar-refractivity contribution in [1.29, 1.82) is 0 Å². The number of carbonyl (C=O) groups is 2. The Hall–Kier alpha value is -2.63. The highest BCUT2D eigenvalue weighted by Gasteiger charge is 2.37. The standard InChI is InChI=1S/C20H25N3O3/c1-12-7-6-8-18(13(12)2)23-10-16(9-19(23)24)20(25)22(5)11-17-14(3)21-26-15(17)4/h6-8,16H,9-11H2,1-5H3. The number of benzene rings is 1. The van der Waals surface area contributed by atoms with Crippen molar-refractivity contribution in [2.45, 2.75) is 40.7 Å². The third kappa shape index (κ3) is 3.23. The minimum atomic E-state index is -0.326. The van der Waals surface area contributed by atoms with Gasteiger partial charge in [-0.1, -0.05) is 17.3 Å². The van der Waals surface area contributed by atoms with Gasteiger partial charge in [0.05, 0.1) is 18.2 Å². The van der Waals surface area contributed by atoms with Crippen LogP contribution < -0.4 is 4.90 Å². The lowest BCUT2D eigenvalue weighted by Gasteiger charge is -2.22. The molecule has 0 radical (unpaired) electrons. The molecular weight excluding hydrogens is 330 g/mol. The Kier molecular flexibility index (Phi) is 4.85. The quantitative estimate of drug-likeness (QED) is 0.846. The number of carbonyl (C=O) groups excluding carboxylic acids is 2. The number of anilines is 1. The third-order valence-corrected chi connectivity index (χ3v) is 5.29. The van der Waals surface area contributed by atoms with E-state index in [4.69, 9.17) is 4.52 Å². The van der Waals surface area contributed by atoms with Crippen LogP contribution in [0.4, 0.5) is 5.69 Å². The molecule has 1 fully saturated rings. The van der Waals surface area contributed by atoms with Gasteiger partial charge in [-0.2, -0.15) is 0 Å². The van der Waals surface area contributed by atoms with Gasteiger partial charge in [-0.25, -0.2) is 0 Å². The second-order valence-electron chi connectivity index (χ2n) is 7.12. The van der Waals surface area contributed by atoms with Crippen LogP contribution >= 0.6 is 0 Å². The van der Waals surface area contributed by atoms with Gasteiger partial charge in [-0.3, -0.25) is 9.59 Å². The fourth-order valence-electron chi connectivity index (χ4n) is 3.49. The Morgan fingerprint density at radius 2 is 2.04 bits per heavy atom. The molecule has 0 bridgehead atoms. The summed E-state index contributed by atoms with van der Waals surface area (Å²) in [6.45, 7) is 8.61. The van der Waals surface area contributed by atoms with Crippen molar-refractivity contribution in [3.8, 4) is 0 Å². The van der Waals surface area contributed by atoms with Crippen molar-refractivity contribution in [3.05, 3.63) is 46.3 Å². The summed E-state index contributed by atoms with van der Waals surface area (Å²) in [6, 6.07) is 5.92. The van der Waals surface area contributed by atoms with Crippen molar-refractivity contribution in [3.63, 3.8) is 0 Å². The highest BCUT2D eigenvalue weighted by molar-refractivity contribution is 6.00. The molecule has 1 aliphatic heterocycles. The summed E-state index contributed by atoms with van der Waals surface area (Å²) < 4.78 is 5.17. The molecule has 3 rings (SSSR count). The maximum Gasteiger partial charge on any atom is 0.228 e. The zero-order chi connectivity index (χ0) is 19.0. The van der Waals surface area contributed by atoms with Crippen LogP contribution in [0.25, 0.3) is 0 Å². The average molecular weight is 355 g/mol. The van der Waals surface area contributed by atoms with Crippen LogP contribution in [0.2, 0.25) is 0 Å². The van der Waals surface area contributed by atoms with E-state index in [2.05, 4.69) is 5.16 Å². The normalized spacial score (nSPS) is 17.0. The molecule has 0 saturated carbocycles. The van der Waals surface area contributed by atoms with Gasteiger partial charge < -0.3 is 14.3 Å². The van der Waals surface area contributed by atoms with Crippen LogP contribution in [0, 0.1) is 33.6 Å². The molecule has 1 saturated heterocycles. The second-order valence-corrected chi connectivity index (χ2v) is 7.12. The summed E-state index contributed by atoms with van der Waals surface area (Å²) in [5.41, 5.74) is 4.84. The highest BCUT2D eigenvalue weighted by atomic mass is 16.5. The number of aromatic nitrogens is 1. The first kappa shape index (κ1) is 18.2. The Balaban J connectivity index is 1.73. The topological polar surface area (TPSA) is 66.7 Å². The van der Waals surface area contributed by atoms with Crippen LogP contribution in [0.1, 0.15) is 34.6 Å². The van der Waals surface area contributed by atoms with Gasteiger partial charge in [-0.05, 0) is 44.9 Å². The molecule has 2 aromatic rings. The van der Waals surface area contributed by atoms with Gasteiger partial charge in [0.2, 0.25) is 11.8 Å². The monoisotopic (exact) mass is 355 g/mol. The summed E-state index contributed by atoms with van der Waals surface area (Å²) in [6.07, 6.45) is 0.248. The molecule has 1 atom stereocenters. The van der Waals surface area contributed by atoms with Crippen LogP contribution in [0.5, 0.6) is 0 Å². The van der Waals surface area contributed by atoms with Crippen molar-refractivity contribution >= 4 is 17.5 Å². The predicted molar refractivity (Wildman–Crippen MR) is 98.8 cm³/mol. The summed E-state index contributed by atoms with van der Waals surface area (Å²) in [4.78, 5) is 28.8. The Labute approximate surface area is 153 Å². The van der Waals surface area contributed by atoms with Gasteiger partial charge in [-0.15, -0.1) is 0 Å². The lowest BCUT2D eigenvalue weighted by molar-refractivity contribution is -0.135. The second kappa shape index (κ2) is 6.94. The van der Waals surface area contributed by atoms with Crippen LogP contribution in [-0.2, 0) is 16.1 Å². The van der Waals surface area contributed by atoms with E-state index < -0.39 is 0 Å². The molecule has 6 nitrogen and oxygen atoms in total. The number of hydrogen-bond acceptors (Lipinski definition) is 4. The van der Waals surface area contributed by atoms with Crippen molar-refractivity contribution in [2.75, 3.05) is 18.5 Å². The molecule has 1 aromatic carbocycles. The lowest BCUT2D eigenvalue weighted by atomic mass is 10.1. The van der Waals surface area contributed by atoms with E-state index in [0.717, 1.165) is 33.8 Å². The number of rotatable bonds is 4. The van der Waals surface area contributed by atoms with E-state index in [1.165, 1.54) is 0 Å². The van der Waals surface area contributed by atoms with Gasteiger partial charge in [0, 0.05) is 31.3 Å². The van der Waals surface area contributed by atoms with Gasteiger partial charge in [0.15, 0.2) is 0 Å². The van der Waals surface area contributed by atoms with Crippen molar-refractivity contribution in [1.82, 2.24) is 10.1 Å². The lowest BCUT2D eigenvalue weighted by Crippen LogP contribution is -2.34. The molecule has 1 aromatic heterocycles. The highest BCUT2D eigenvalue weighted by Crippen LogP contribution is 2.30. The van der Waals surface area contributed by atoms with E-state index in [9.17, 15) is 9.59 Å². The summed E-state index contributed by atoms with van der Waals surface area (Å²) in [5.74, 6) is 0.378. The van der Waals surface area contributed by atoms with Crippen molar-refractivity contribution < 1.29 is 14.1 Å². The molecule has 1 unspecified atom stereocenters. The fourth-order valence-corrected chi connectivity index (χ4v) is 3.49. The SMILES string of the molecule is Cc1cccc(N2CC(C(=O)N(C)Cc3c(C)noc3C)CC2=O)c1C. The number of amides is 2. The summed E-state index contributed by atoms with van der Waals surface area (Å²) in [7, 11) is 1.76. The molecule has 0 aliphatic carbocycles. The van der Waals surface area contributed by atoms with Gasteiger partial charge >= 0.3 is 0 Å². The summed E-state index contributed by atoms with van der Waals surface area (Å²) >= 11 is 0. The van der Waals surface area contributed by atoms with E-state index >= 15 is 0 Å². The molecule has 2 amide bonds. The largest absolute Gasteiger partial charge is 0.361 e. The van der Waals surface area contributed by atoms with E-state index in [1.54, 1.807) is 16.8 Å². The first-order chi connectivity index (χ1) is 12.3. The van der Waals surface area contributed by atoms with E-state index in [-0.39, 0.29) is 24.2 Å². The van der Waals surface area contributed by atoms with Crippen molar-refractivity contribution in [2.24, 2.45) is 5.92 Å². The van der Waals surface area contributed by atoms with Gasteiger partial charge in [0.25, 0.3) is 0 Å². The zero-order valence-electron chi connectivity index (χ0n) is 16.0. The molecule has 138 valence electrons.